The van der Waals surface area contributed by atoms with Crippen LogP contribution in [0, 0.1) is 6.92 Å². The first-order valence-electron chi connectivity index (χ1n) is 5.07. The first-order valence-corrected chi connectivity index (χ1v) is 5.07. The van der Waals surface area contributed by atoms with Crippen molar-refractivity contribution in [2.75, 3.05) is 18.9 Å². The summed E-state index contributed by atoms with van der Waals surface area (Å²) in [6, 6.07) is 1.52. The number of aryl methyl sites for hydroxylation is 1. The molecule has 0 saturated carbocycles. The van der Waals surface area contributed by atoms with Crippen LogP contribution in [0.2, 0.25) is 0 Å². The summed E-state index contributed by atoms with van der Waals surface area (Å²) in [4.78, 5) is 34.1. The lowest BCUT2D eigenvalue weighted by molar-refractivity contribution is -0.144. The Morgan fingerprint density at radius 1 is 1.50 bits per heavy atom. The van der Waals surface area contributed by atoms with E-state index in [2.05, 4.69) is 10.5 Å². The second kappa shape index (κ2) is 5.80. The van der Waals surface area contributed by atoms with Crippen molar-refractivity contribution in [3.63, 3.8) is 0 Å². The van der Waals surface area contributed by atoms with Gasteiger partial charge in [0.2, 0.25) is 11.8 Å². The maximum absolute atomic E-state index is 11.5. The molecule has 0 aliphatic rings. The van der Waals surface area contributed by atoms with E-state index in [1.807, 2.05) is 0 Å². The molecular weight excluding hydrogens is 242 g/mol. The lowest BCUT2D eigenvalue weighted by Gasteiger charge is -2.14. The van der Waals surface area contributed by atoms with Gasteiger partial charge in [0, 0.05) is 13.1 Å². The van der Waals surface area contributed by atoms with Gasteiger partial charge in [0.1, 0.15) is 12.2 Å². The fourth-order valence-electron chi connectivity index (χ4n) is 1.18. The minimum atomic E-state index is -1.24. The molecule has 2 N–H and O–H groups in total. The Morgan fingerprint density at radius 3 is 2.67 bits per heavy atom. The SMILES string of the molecule is Cc1cc(NC(=O)CN(C)C(=O)CC(=O)O)no1. The number of rotatable bonds is 5. The molecule has 0 aliphatic heterocycles. The molecule has 0 atom stereocenters. The number of amides is 2. The number of hydrogen-bond acceptors (Lipinski definition) is 5. The number of carbonyl (C=O) groups excluding carboxylic acids is 2. The molecule has 0 radical (unpaired) electrons. The Labute approximate surface area is 103 Å². The number of anilines is 1. The van der Waals surface area contributed by atoms with Gasteiger partial charge in [0.05, 0.1) is 6.54 Å². The third kappa shape index (κ3) is 4.24. The second-order valence-electron chi connectivity index (χ2n) is 3.69. The van der Waals surface area contributed by atoms with Crippen molar-refractivity contribution in [2.24, 2.45) is 0 Å². The Morgan fingerprint density at radius 2 is 2.17 bits per heavy atom. The molecular formula is C10H13N3O5. The Balaban J connectivity index is 2.44. The molecule has 98 valence electrons. The molecule has 18 heavy (non-hydrogen) atoms. The quantitative estimate of drug-likeness (QED) is 0.708. The lowest BCUT2D eigenvalue weighted by Crippen LogP contribution is -2.35. The standard InChI is InChI=1S/C10H13N3O5/c1-6-3-7(12-18-6)11-8(14)5-13(2)9(15)4-10(16)17/h3H,4-5H2,1-2H3,(H,16,17)(H,11,12,14). The number of carbonyl (C=O) groups is 3. The molecule has 8 nitrogen and oxygen atoms in total. The highest BCUT2D eigenvalue weighted by Crippen LogP contribution is 2.06. The number of nitrogens with one attached hydrogen (secondary N) is 1. The fraction of sp³-hybridized carbons (Fsp3) is 0.400. The number of aromatic nitrogens is 1. The van der Waals surface area contributed by atoms with Gasteiger partial charge in [-0.2, -0.15) is 0 Å². The summed E-state index contributed by atoms with van der Waals surface area (Å²) in [7, 11) is 1.35. The van der Waals surface area contributed by atoms with Gasteiger partial charge < -0.3 is 19.8 Å². The monoisotopic (exact) mass is 255 g/mol. The van der Waals surface area contributed by atoms with E-state index in [-0.39, 0.29) is 12.4 Å². The molecule has 1 rings (SSSR count). The van der Waals surface area contributed by atoms with Gasteiger partial charge in [-0.15, -0.1) is 0 Å². The summed E-state index contributed by atoms with van der Waals surface area (Å²) in [6.45, 7) is 1.42. The Hall–Kier alpha value is -2.38. The first-order chi connectivity index (χ1) is 8.38. The van der Waals surface area contributed by atoms with Crippen LogP contribution in [0.1, 0.15) is 12.2 Å². The summed E-state index contributed by atoms with van der Waals surface area (Å²) < 4.78 is 4.75. The van der Waals surface area contributed by atoms with Gasteiger partial charge in [0.25, 0.3) is 0 Å². The summed E-state index contributed by atoms with van der Waals surface area (Å²) in [5.74, 6) is -1.57. The average Bonchev–Trinajstić information content (AvgIpc) is 2.62. The van der Waals surface area contributed by atoms with Crippen LogP contribution >= 0.6 is 0 Å². The van der Waals surface area contributed by atoms with E-state index < -0.39 is 24.2 Å². The summed E-state index contributed by atoms with van der Waals surface area (Å²) >= 11 is 0. The molecule has 0 fully saturated rings. The van der Waals surface area contributed by atoms with Crippen LogP contribution in [0.25, 0.3) is 0 Å². The molecule has 8 heteroatoms. The minimum Gasteiger partial charge on any atom is -0.481 e. The predicted octanol–water partition coefficient (Wildman–Crippen LogP) is -0.145. The number of carboxylic acid groups (broad SMARTS) is 1. The Kier molecular flexibility index (Phi) is 4.41. The lowest BCUT2D eigenvalue weighted by atomic mass is 10.3. The predicted molar refractivity (Wildman–Crippen MR) is 59.8 cm³/mol. The highest BCUT2D eigenvalue weighted by atomic mass is 16.5. The van der Waals surface area contributed by atoms with Gasteiger partial charge in [-0.05, 0) is 6.92 Å². The fourth-order valence-corrected chi connectivity index (χ4v) is 1.18. The smallest absolute Gasteiger partial charge is 0.312 e. The van der Waals surface area contributed by atoms with E-state index in [0.29, 0.717) is 5.76 Å². The van der Waals surface area contributed by atoms with E-state index >= 15 is 0 Å². The van der Waals surface area contributed by atoms with Gasteiger partial charge >= 0.3 is 5.97 Å². The summed E-state index contributed by atoms with van der Waals surface area (Å²) in [6.07, 6.45) is -0.646. The number of carboxylic acids is 1. The molecule has 1 aromatic rings. The molecule has 0 bridgehead atoms. The topological polar surface area (TPSA) is 113 Å². The van der Waals surface area contributed by atoms with Crippen LogP contribution < -0.4 is 5.32 Å². The van der Waals surface area contributed by atoms with Crippen LogP contribution in [0.4, 0.5) is 5.82 Å². The van der Waals surface area contributed by atoms with E-state index in [9.17, 15) is 14.4 Å². The van der Waals surface area contributed by atoms with E-state index in [1.54, 1.807) is 6.92 Å². The van der Waals surface area contributed by atoms with Crippen LogP contribution in [-0.4, -0.2) is 46.5 Å². The van der Waals surface area contributed by atoms with E-state index in [0.717, 1.165) is 4.90 Å². The zero-order chi connectivity index (χ0) is 13.7. The molecule has 0 aromatic carbocycles. The molecule has 2 amide bonds. The number of likely N-dealkylation sites (N-methyl/N-ethyl adjacent to an activating group) is 1. The molecule has 1 heterocycles. The molecule has 0 aliphatic carbocycles. The maximum Gasteiger partial charge on any atom is 0.312 e. The highest BCUT2D eigenvalue weighted by Gasteiger charge is 2.16. The third-order valence-electron chi connectivity index (χ3n) is 2.00. The largest absolute Gasteiger partial charge is 0.481 e. The van der Waals surface area contributed by atoms with Gasteiger partial charge in [-0.1, -0.05) is 5.16 Å². The maximum atomic E-state index is 11.5. The van der Waals surface area contributed by atoms with Gasteiger partial charge in [0.15, 0.2) is 5.82 Å². The number of aliphatic carboxylic acids is 1. The third-order valence-corrected chi connectivity index (χ3v) is 2.00. The molecule has 1 aromatic heterocycles. The van der Waals surface area contributed by atoms with Crippen molar-refractivity contribution in [1.82, 2.24) is 10.1 Å². The summed E-state index contributed by atoms with van der Waals surface area (Å²) in [5, 5.41) is 14.4. The zero-order valence-corrected chi connectivity index (χ0v) is 9.97. The molecule has 0 spiro atoms. The van der Waals surface area contributed by atoms with E-state index in [1.165, 1.54) is 13.1 Å². The first kappa shape index (κ1) is 13.7. The Bertz CT molecular complexity index is 468. The van der Waals surface area contributed by atoms with Crippen molar-refractivity contribution in [1.29, 1.82) is 0 Å². The van der Waals surface area contributed by atoms with Gasteiger partial charge in [-0.25, -0.2) is 0 Å². The van der Waals surface area contributed by atoms with Crippen molar-refractivity contribution in [2.45, 2.75) is 13.3 Å². The molecule has 0 saturated heterocycles. The van der Waals surface area contributed by atoms with Crippen LogP contribution in [-0.2, 0) is 14.4 Å². The van der Waals surface area contributed by atoms with Gasteiger partial charge in [-0.3, -0.25) is 14.4 Å². The van der Waals surface area contributed by atoms with Crippen LogP contribution in [0.5, 0.6) is 0 Å². The van der Waals surface area contributed by atoms with Crippen LogP contribution in [0.15, 0.2) is 10.6 Å². The number of hydrogen-bond donors (Lipinski definition) is 2. The van der Waals surface area contributed by atoms with E-state index in [4.69, 9.17) is 9.63 Å². The average molecular weight is 255 g/mol. The van der Waals surface area contributed by atoms with Crippen molar-refractivity contribution in [3.8, 4) is 0 Å². The number of nitrogens with zero attached hydrogens (tertiary/aromatic N) is 2. The molecule has 0 unspecified atom stereocenters. The summed E-state index contributed by atoms with van der Waals surface area (Å²) in [5.41, 5.74) is 0. The highest BCUT2D eigenvalue weighted by molar-refractivity contribution is 5.97. The van der Waals surface area contributed by atoms with Crippen molar-refractivity contribution in [3.05, 3.63) is 11.8 Å². The van der Waals surface area contributed by atoms with Crippen molar-refractivity contribution < 1.29 is 24.0 Å². The van der Waals surface area contributed by atoms with Crippen molar-refractivity contribution >= 4 is 23.6 Å². The second-order valence-corrected chi connectivity index (χ2v) is 3.69. The van der Waals surface area contributed by atoms with Crippen LogP contribution in [0.3, 0.4) is 0 Å². The normalized spacial score (nSPS) is 9.89. The zero-order valence-electron chi connectivity index (χ0n) is 9.97. The minimum absolute atomic E-state index is 0.247.